The molecule has 0 fully saturated rings. The molecule has 0 aromatic heterocycles. The lowest BCUT2D eigenvalue weighted by Crippen LogP contribution is -2.30. The summed E-state index contributed by atoms with van der Waals surface area (Å²) in [6.07, 6.45) is 62.6. The third-order valence-electron chi connectivity index (χ3n) is 18.5. The van der Waals surface area contributed by atoms with E-state index in [1.807, 2.05) is 0 Å². The third-order valence-corrected chi connectivity index (χ3v) is 20.4. The van der Waals surface area contributed by atoms with Gasteiger partial charge < -0.3 is 33.8 Å². The summed E-state index contributed by atoms with van der Waals surface area (Å²) >= 11 is 0. The van der Waals surface area contributed by atoms with E-state index in [4.69, 9.17) is 37.0 Å². The molecule has 3 N–H and O–H groups in total. The smallest absolute Gasteiger partial charge is 0.462 e. The van der Waals surface area contributed by atoms with Crippen molar-refractivity contribution in [3.63, 3.8) is 0 Å². The number of phosphoric ester groups is 2. The predicted octanol–water partition coefficient (Wildman–Crippen LogP) is 23.6. The molecule has 0 aromatic rings. The van der Waals surface area contributed by atoms with Crippen LogP contribution in [-0.4, -0.2) is 96.7 Å². The summed E-state index contributed by atoms with van der Waals surface area (Å²) in [4.78, 5) is 72.9. The highest BCUT2D eigenvalue weighted by atomic mass is 31.2. The van der Waals surface area contributed by atoms with Gasteiger partial charge in [0, 0.05) is 25.7 Å². The third kappa shape index (κ3) is 72.4. The van der Waals surface area contributed by atoms with Crippen molar-refractivity contribution in [2.75, 3.05) is 39.6 Å². The Morgan fingerprint density at radius 3 is 0.694 bits per heavy atom. The fraction of sp³-hybridized carbons (Fsp3) is 0.949. The first-order chi connectivity index (χ1) is 47.5. The second kappa shape index (κ2) is 72.0. The summed E-state index contributed by atoms with van der Waals surface area (Å²) in [5, 5.41) is 10.6. The molecule has 0 spiro atoms. The number of hydrogen-bond donors (Lipinski definition) is 3. The number of carbonyl (C=O) groups excluding carboxylic acids is 4. The maximum absolute atomic E-state index is 13.1. The molecule has 17 nitrogen and oxygen atoms in total. The van der Waals surface area contributed by atoms with Crippen LogP contribution < -0.4 is 0 Å². The van der Waals surface area contributed by atoms with Crippen molar-refractivity contribution in [1.29, 1.82) is 0 Å². The Morgan fingerprint density at radius 1 is 0.276 bits per heavy atom. The fourth-order valence-electron chi connectivity index (χ4n) is 12.2. The maximum atomic E-state index is 13.1. The molecule has 0 saturated carbocycles. The molecule has 0 saturated heterocycles. The molecule has 2 unspecified atom stereocenters. The Labute approximate surface area is 600 Å². The summed E-state index contributed by atoms with van der Waals surface area (Å²) in [5.74, 6) is -1.40. The zero-order valence-electron chi connectivity index (χ0n) is 63.9. The Bertz CT molecular complexity index is 1870. The molecular formula is C79H154O17P2. The first-order valence-electron chi connectivity index (χ1n) is 41.1. The lowest BCUT2D eigenvalue weighted by molar-refractivity contribution is -0.161. The number of phosphoric acid groups is 2. The van der Waals surface area contributed by atoms with Gasteiger partial charge in [-0.25, -0.2) is 9.13 Å². The molecule has 0 aromatic carbocycles. The normalized spacial score (nSPS) is 13.9. The zero-order chi connectivity index (χ0) is 71.9. The molecule has 0 aliphatic carbocycles. The molecule has 0 amide bonds. The van der Waals surface area contributed by atoms with Gasteiger partial charge in [-0.3, -0.25) is 37.3 Å². The van der Waals surface area contributed by atoms with Crippen molar-refractivity contribution >= 4 is 39.5 Å². The van der Waals surface area contributed by atoms with Gasteiger partial charge in [0.2, 0.25) is 0 Å². The topological polar surface area (TPSA) is 237 Å². The molecule has 5 atom stereocenters. The molecule has 19 heteroatoms. The van der Waals surface area contributed by atoms with Gasteiger partial charge in [-0.15, -0.1) is 0 Å². The molecule has 0 bridgehead atoms. The van der Waals surface area contributed by atoms with Crippen LogP contribution in [0.4, 0.5) is 0 Å². The SMILES string of the molecule is CCCCCCCCCCCCCCCCCCCCCC(=O)O[C@H](COC(=O)CCCCCCCCCCCCCCCCCCCC)COP(=O)(O)OC[C@@H](O)COP(=O)(O)OC[C@@H](COC(=O)CCCCCCCCCC(C)C)OC(=O)CCCCCCCCCCCCC. The first-order valence-corrected chi connectivity index (χ1v) is 44.1. The van der Waals surface area contributed by atoms with Gasteiger partial charge in [0.05, 0.1) is 26.4 Å². The molecule has 98 heavy (non-hydrogen) atoms. The summed E-state index contributed by atoms with van der Waals surface area (Å²) in [5.41, 5.74) is 0. The van der Waals surface area contributed by atoms with Crippen LogP contribution in [0.25, 0.3) is 0 Å². The second-order valence-corrected chi connectivity index (χ2v) is 31.8. The number of aliphatic hydroxyl groups is 1. The van der Waals surface area contributed by atoms with Crippen LogP contribution in [0, 0.1) is 5.92 Å². The van der Waals surface area contributed by atoms with Crippen LogP contribution in [-0.2, 0) is 65.4 Å². The Balaban J connectivity index is 5.21. The van der Waals surface area contributed by atoms with Gasteiger partial charge in [0.1, 0.15) is 19.3 Å². The molecule has 0 aliphatic heterocycles. The predicted molar refractivity (Wildman–Crippen MR) is 400 cm³/mol. The number of hydrogen-bond acceptors (Lipinski definition) is 15. The van der Waals surface area contributed by atoms with Crippen LogP contribution in [0.5, 0.6) is 0 Å². The maximum Gasteiger partial charge on any atom is 0.472 e. The quantitative estimate of drug-likeness (QED) is 0.0222. The van der Waals surface area contributed by atoms with Crippen LogP contribution in [0.1, 0.15) is 420 Å². The van der Waals surface area contributed by atoms with Gasteiger partial charge in [-0.05, 0) is 31.6 Å². The van der Waals surface area contributed by atoms with E-state index in [0.29, 0.717) is 31.6 Å². The average molecular weight is 1440 g/mol. The van der Waals surface area contributed by atoms with E-state index >= 15 is 0 Å². The Kier molecular flexibility index (Phi) is 70.6. The van der Waals surface area contributed by atoms with Crippen LogP contribution in [0.15, 0.2) is 0 Å². The molecule has 0 aliphatic rings. The van der Waals surface area contributed by atoms with Gasteiger partial charge in [0.25, 0.3) is 0 Å². The number of esters is 4. The number of rotatable bonds is 79. The average Bonchev–Trinajstić information content (AvgIpc) is 1.21. The molecular weight excluding hydrogens is 1280 g/mol. The minimum absolute atomic E-state index is 0.107. The van der Waals surface area contributed by atoms with Gasteiger partial charge in [0.15, 0.2) is 12.2 Å². The Hall–Kier alpha value is -1.94. The largest absolute Gasteiger partial charge is 0.472 e. The molecule has 0 radical (unpaired) electrons. The molecule has 0 heterocycles. The van der Waals surface area contributed by atoms with Crippen LogP contribution >= 0.6 is 15.6 Å². The van der Waals surface area contributed by atoms with E-state index < -0.39 is 97.5 Å². The fourth-order valence-corrected chi connectivity index (χ4v) is 13.8. The lowest BCUT2D eigenvalue weighted by atomic mass is 10.0. The molecule has 0 rings (SSSR count). The van der Waals surface area contributed by atoms with Gasteiger partial charge in [-0.2, -0.15) is 0 Å². The van der Waals surface area contributed by atoms with Crippen molar-refractivity contribution in [3.8, 4) is 0 Å². The standard InChI is InChI=1S/C79H154O17P2/c1-6-9-12-15-18-21-24-26-28-30-32-34-36-38-41-44-49-55-60-65-79(84)95-74(68-89-76(81)62-57-52-47-42-40-37-35-33-31-29-27-25-22-19-16-13-10-7-2)70-93-97(85,86)91-66-73(80)67-92-98(87,88)94-71-75(69-90-77(82)63-58-53-50-45-46-51-56-61-72(4)5)96-78(83)64-59-54-48-43-39-23-20-17-14-11-8-3/h72-75,80H,6-71H2,1-5H3,(H,85,86)(H,87,88)/t73-,74-,75-/m1/s1. The van der Waals surface area contributed by atoms with Crippen molar-refractivity contribution in [2.45, 2.75) is 438 Å². The van der Waals surface area contributed by atoms with E-state index in [1.165, 1.54) is 238 Å². The van der Waals surface area contributed by atoms with Gasteiger partial charge >= 0.3 is 39.5 Å². The van der Waals surface area contributed by atoms with Crippen molar-refractivity contribution in [3.05, 3.63) is 0 Å². The van der Waals surface area contributed by atoms with Gasteiger partial charge in [-0.1, -0.05) is 369 Å². The van der Waals surface area contributed by atoms with E-state index in [0.717, 1.165) is 96.3 Å². The van der Waals surface area contributed by atoms with Crippen molar-refractivity contribution in [2.24, 2.45) is 5.92 Å². The Morgan fingerprint density at radius 2 is 0.469 bits per heavy atom. The summed E-state index contributed by atoms with van der Waals surface area (Å²) in [7, 11) is -9.91. The summed E-state index contributed by atoms with van der Waals surface area (Å²) in [6, 6.07) is 0. The van der Waals surface area contributed by atoms with Crippen LogP contribution in [0.3, 0.4) is 0 Å². The van der Waals surface area contributed by atoms with E-state index in [2.05, 4.69) is 34.6 Å². The summed E-state index contributed by atoms with van der Waals surface area (Å²) < 4.78 is 68.6. The highest BCUT2D eigenvalue weighted by Gasteiger charge is 2.30. The number of ether oxygens (including phenoxy) is 4. The molecule has 582 valence electrons. The van der Waals surface area contributed by atoms with E-state index in [-0.39, 0.29) is 25.7 Å². The minimum Gasteiger partial charge on any atom is -0.462 e. The number of unbranched alkanes of at least 4 members (excludes halogenated alkanes) is 51. The highest BCUT2D eigenvalue weighted by Crippen LogP contribution is 2.45. The van der Waals surface area contributed by atoms with Crippen molar-refractivity contribution in [1.82, 2.24) is 0 Å². The van der Waals surface area contributed by atoms with E-state index in [1.54, 1.807) is 0 Å². The second-order valence-electron chi connectivity index (χ2n) is 28.9. The first kappa shape index (κ1) is 96.1. The summed E-state index contributed by atoms with van der Waals surface area (Å²) in [6.45, 7) is 7.25. The van der Waals surface area contributed by atoms with Crippen LogP contribution in [0.2, 0.25) is 0 Å². The van der Waals surface area contributed by atoms with E-state index in [9.17, 15) is 43.2 Å². The lowest BCUT2D eigenvalue weighted by Gasteiger charge is -2.21. The van der Waals surface area contributed by atoms with Crippen molar-refractivity contribution < 1.29 is 80.2 Å². The minimum atomic E-state index is -4.96. The number of carbonyl (C=O) groups is 4. The number of aliphatic hydroxyl groups excluding tert-OH is 1. The highest BCUT2D eigenvalue weighted by molar-refractivity contribution is 7.47. The zero-order valence-corrected chi connectivity index (χ0v) is 65.7. The monoisotopic (exact) mass is 1440 g/mol.